The fraction of sp³-hybridized carbons (Fsp3) is 0.448. The highest BCUT2D eigenvalue weighted by Crippen LogP contribution is 2.28. The monoisotopic (exact) mass is 545 g/mol. The molecule has 0 aliphatic carbocycles. The van der Waals surface area contributed by atoms with Crippen LogP contribution in [-0.2, 0) is 9.47 Å². The first kappa shape index (κ1) is 26.3. The number of amides is 2. The molecule has 2 saturated heterocycles. The second-order valence-electron chi connectivity index (χ2n) is 10.5. The number of rotatable bonds is 5. The Bertz CT molecular complexity index is 1410. The molecule has 0 radical (unpaired) electrons. The first-order chi connectivity index (χ1) is 19.5. The van der Waals surface area contributed by atoms with Gasteiger partial charge in [0.25, 0.3) is 5.91 Å². The Morgan fingerprint density at radius 1 is 1.18 bits per heavy atom. The van der Waals surface area contributed by atoms with Crippen molar-refractivity contribution < 1.29 is 19.1 Å². The van der Waals surface area contributed by atoms with Crippen LogP contribution >= 0.6 is 0 Å². The Morgan fingerprint density at radius 2 is 2.05 bits per heavy atom. The molecule has 2 aromatic heterocycles. The number of carbonyl (C=O) groups is 2. The Hall–Kier alpha value is -3.96. The fourth-order valence-electron chi connectivity index (χ4n) is 5.73. The average Bonchev–Trinajstić information content (AvgIpc) is 3.40. The van der Waals surface area contributed by atoms with Gasteiger partial charge in [0.1, 0.15) is 0 Å². The number of carbonyl (C=O) groups excluding carboxylic acids is 2. The third-order valence-electron chi connectivity index (χ3n) is 7.80. The summed E-state index contributed by atoms with van der Waals surface area (Å²) in [4.78, 5) is 33.7. The largest absolute Gasteiger partial charge is 0.450 e. The van der Waals surface area contributed by atoms with Crippen LogP contribution in [0.25, 0.3) is 11.2 Å². The molecule has 11 nitrogen and oxygen atoms in total. The average molecular weight is 546 g/mol. The van der Waals surface area contributed by atoms with Crippen molar-refractivity contribution in [3.05, 3.63) is 59.8 Å². The SMILES string of the molecule is CCOC(=O)N1CC=C(c2cccn3nc(Nc4ccc(C(=O)N5CCOC6(CCCNC6)C5)cc4)nc23)CC1. The standard InChI is InChI=1S/C29H35N7O4/c1-2-39-28(38)34-15-10-21(11-16-34)24-5-3-14-36-25(24)32-27(33-36)31-23-8-6-22(7-9-23)26(37)35-17-18-40-29(20-35)12-4-13-30-19-29/h3,5-10,14,30H,2,4,11-13,15-20H2,1H3,(H,31,33). The molecule has 5 heterocycles. The van der Waals surface area contributed by atoms with Gasteiger partial charge in [0, 0.05) is 49.2 Å². The van der Waals surface area contributed by atoms with Crippen LogP contribution in [0.4, 0.5) is 16.4 Å². The molecule has 1 aromatic carbocycles. The fourth-order valence-corrected chi connectivity index (χ4v) is 5.73. The first-order valence-corrected chi connectivity index (χ1v) is 14.0. The number of hydrogen-bond acceptors (Lipinski definition) is 8. The maximum atomic E-state index is 13.3. The van der Waals surface area contributed by atoms with Gasteiger partial charge in [0.05, 0.1) is 25.4 Å². The van der Waals surface area contributed by atoms with Gasteiger partial charge in [-0.25, -0.2) is 9.31 Å². The molecular weight excluding hydrogens is 510 g/mol. The van der Waals surface area contributed by atoms with Crippen molar-refractivity contribution in [3.8, 4) is 0 Å². The van der Waals surface area contributed by atoms with Gasteiger partial charge in [0.2, 0.25) is 5.95 Å². The van der Waals surface area contributed by atoms with Gasteiger partial charge in [-0.2, -0.15) is 4.98 Å². The molecule has 3 aliphatic heterocycles. The van der Waals surface area contributed by atoms with Crippen molar-refractivity contribution in [2.45, 2.75) is 31.8 Å². The molecule has 0 bridgehead atoms. The van der Waals surface area contributed by atoms with E-state index in [4.69, 9.17) is 14.5 Å². The highest BCUT2D eigenvalue weighted by Gasteiger charge is 2.39. The van der Waals surface area contributed by atoms with Crippen molar-refractivity contribution in [2.75, 3.05) is 57.8 Å². The van der Waals surface area contributed by atoms with Gasteiger partial charge in [0.15, 0.2) is 5.65 Å². The van der Waals surface area contributed by atoms with E-state index in [0.29, 0.717) is 57.3 Å². The van der Waals surface area contributed by atoms with Crippen LogP contribution in [0.5, 0.6) is 0 Å². The summed E-state index contributed by atoms with van der Waals surface area (Å²) in [7, 11) is 0. The Labute approximate surface area is 233 Å². The normalized spacial score (nSPS) is 21.4. The minimum absolute atomic E-state index is 0.0255. The molecule has 3 aromatic rings. The summed E-state index contributed by atoms with van der Waals surface area (Å²) >= 11 is 0. The number of morpholine rings is 1. The number of pyridine rings is 1. The summed E-state index contributed by atoms with van der Waals surface area (Å²) in [6.45, 7) is 6.85. The van der Waals surface area contributed by atoms with Crippen LogP contribution < -0.4 is 10.6 Å². The molecule has 1 unspecified atom stereocenters. The number of anilines is 2. The smallest absolute Gasteiger partial charge is 0.410 e. The maximum Gasteiger partial charge on any atom is 0.410 e. The van der Waals surface area contributed by atoms with E-state index in [0.717, 1.165) is 48.4 Å². The molecule has 1 atom stereocenters. The third kappa shape index (κ3) is 5.39. The molecule has 40 heavy (non-hydrogen) atoms. The van der Waals surface area contributed by atoms with E-state index in [9.17, 15) is 9.59 Å². The van der Waals surface area contributed by atoms with Crippen molar-refractivity contribution in [3.63, 3.8) is 0 Å². The second kappa shape index (κ2) is 11.3. The molecule has 2 amide bonds. The van der Waals surface area contributed by atoms with Crippen LogP contribution in [0.15, 0.2) is 48.7 Å². The number of nitrogens with zero attached hydrogens (tertiary/aromatic N) is 5. The lowest BCUT2D eigenvalue weighted by Gasteiger charge is -2.45. The van der Waals surface area contributed by atoms with Gasteiger partial charge in [-0.15, -0.1) is 5.10 Å². The number of aromatic nitrogens is 3. The minimum atomic E-state index is -0.284. The molecule has 210 valence electrons. The predicted molar refractivity (Wildman–Crippen MR) is 151 cm³/mol. The van der Waals surface area contributed by atoms with Gasteiger partial charge < -0.3 is 29.9 Å². The van der Waals surface area contributed by atoms with E-state index in [1.54, 1.807) is 9.42 Å². The van der Waals surface area contributed by atoms with Crippen molar-refractivity contribution in [1.29, 1.82) is 0 Å². The van der Waals surface area contributed by atoms with Crippen LogP contribution in [0.3, 0.4) is 0 Å². The van der Waals surface area contributed by atoms with Gasteiger partial charge >= 0.3 is 6.09 Å². The van der Waals surface area contributed by atoms with Crippen molar-refractivity contribution in [2.24, 2.45) is 0 Å². The van der Waals surface area contributed by atoms with E-state index in [1.165, 1.54) is 0 Å². The molecule has 0 saturated carbocycles. The quantitative estimate of drug-likeness (QED) is 0.502. The summed E-state index contributed by atoms with van der Waals surface area (Å²) in [5.74, 6) is 0.494. The predicted octanol–water partition coefficient (Wildman–Crippen LogP) is 3.31. The second-order valence-corrected chi connectivity index (χ2v) is 10.5. The molecular formula is C29H35N7O4. The summed E-state index contributed by atoms with van der Waals surface area (Å²) < 4.78 is 13.0. The van der Waals surface area contributed by atoms with Gasteiger partial charge in [-0.1, -0.05) is 6.08 Å². The van der Waals surface area contributed by atoms with Gasteiger partial charge in [-0.3, -0.25) is 4.79 Å². The molecule has 1 spiro atoms. The lowest BCUT2D eigenvalue weighted by atomic mass is 9.92. The zero-order valence-corrected chi connectivity index (χ0v) is 22.8. The van der Waals surface area contributed by atoms with Crippen molar-refractivity contribution in [1.82, 2.24) is 29.7 Å². The molecule has 3 aliphatic rings. The van der Waals surface area contributed by atoms with E-state index in [2.05, 4.69) is 15.7 Å². The van der Waals surface area contributed by atoms with Crippen molar-refractivity contribution >= 4 is 34.9 Å². The van der Waals surface area contributed by atoms with Crippen LogP contribution in [-0.4, -0.2) is 94.5 Å². The van der Waals surface area contributed by atoms with Gasteiger partial charge in [-0.05, 0) is 74.7 Å². The summed E-state index contributed by atoms with van der Waals surface area (Å²) in [5.41, 5.74) is 4.04. The zero-order valence-electron chi connectivity index (χ0n) is 22.8. The topological polar surface area (TPSA) is 113 Å². The van der Waals surface area contributed by atoms with E-state index < -0.39 is 0 Å². The van der Waals surface area contributed by atoms with E-state index in [-0.39, 0.29) is 17.6 Å². The van der Waals surface area contributed by atoms with Crippen LogP contribution in [0.2, 0.25) is 0 Å². The Kier molecular flexibility index (Phi) is 7.40. The maximum absolute atomic E-state index is 13.3. The highest BCUT2D eigenvalue weighted by molar-refractivity contribution is 5.94. The van der Waals surface area contributed by atoms with Crippen LogP contribution in [0, 0.1) is 0 Å². The zero-order chi connectivity index (χ0) is 27.5. The number of piperidine rings is 1. The molecule has 11 heteroatoms. The third-order valence-corrected chi connectivity index (χ3v) is 7.80. The Morgan fingerprint density at radius 3 is 2.80 bits per heavy atom. The Balaban J connectivity index is 1.13. The molecule has 6 rings (SSSR count). The number of ether oxygens (including phenoxy) is 2. The number of hydrogen-bond donors (Lipinski definition) is 2. The number of benzene rings is 1. The summed E-state index contributed by atoms with van der Waals surface area (Å²) in [6, 6.07) is 11.4. The highest BCUT2D eigenvalue weighted by atomic mass is 16.6. The first-order valence-electron chi connectivity index (χ1n) is 14.0. The molecule has 2 fully saturated rings. The lowest BCUT2D eigenvalue weighted by Crippen LogP contribution is -2.59. The number of fused-ring (bicyclic) bond motifs is 1. The minimum Gasteiger partial charge on any atom is -0.450 e. The summed E-state index contributed by atoms with van der Waals surface area (Å²) in [5, 5.41) is 11.3. The summed E-state index contributed by atoms with van der Waals surface area (Å²) in [6.07, 6.45) is 6.38. The number of nitrogens with one attached hydrogen (secondary N) is 2. The van der Waals surface area contributed by atoms with Crippen LogP contribution in [0.1, 0.15) is 42.1 Å². The molecule has 2 N–H and O–H groups in total. The van der Waals surface area contributed by atoms with E-state index in [1.807, 2.05) is 60.5 Å². The van der Waals surface area contributed by atoms with E-state index >= 15 is 0 Å². The lowest BCUT2D eigenvalue weighted by molar-refractivity contribution is -0.109.